The van der Waals surface area contributed by atoms with Crippen molar-refractivity contribution >= 4 is 0 Å². The third-order valence-corrected chi connectivity index (χ3v) is 3.91. The van der Waals surface area contributed by atoms with Gasteiger partial charge in [-0.15, -0.1) is 0 Å². The van der Waals surface area contributed by atoms with Gasteiger partial charge in [0.05, 0.1) is 13.2 Å². The molecule has 4 fully saturated rings. The van der Waals surface area contributed by atoms with Crippen molar-refractivity contribution in [2.45, 2.75) is 61.8 Å². The van der Waals surface area contributed by atoms with Gasteiger partial charge in [0.1, 0.15) is 12.2 Å². The molecule has 0 spiro atoms. The number of alkyl halides is 6. The number of hydrogen-bond donors (Lipinski definition) is 0. The highest BCUT2D eigenvalue weighted by Crippen LogP contribution is 2.34. The summed E-state index contributed by atoms with van der Waals surface area (Å²) in [5, 5.41) is 0. The number of ether oxygens (including phenoxy) is 4. The lowest BCUT2D eigenvalue weighted by atomic mass is 10.1. The molecule has 4 aliphatic rings. The van der Waals surface area contributed by atoms with Crippen LogP contribution in [0, 0.1) is 0 Å². The van der Waals surface area contributed by atoms with Crippen LogP contribution in [-0.2, 0) is 18.9 Å². The van der Waals surface area contributed by atoms with Gasteiger partial charge >= 0.3 is 0 Å². The van der Waals surface area contributed by atoms with Crippen molar-refractivity contribution in [3.05, 3.63) is 0 Å². The van der Waals surface area contributed by atoms with E-state index in [1.165, 1.54) is 0 Å². The van der Waals surface area contributed by atoms with Crippen LogP contribution in [0.3, 0.4) is 0 Å². The van der Waals surface area contributed by atoms with E-state index in [1.807, 2.05) is 0 Å². The highest BCUT2D eigenvalue weighted by molar-refractivity contribution is 4.94. The highest BCUT2D eigenvalue weighted by Gasteiger charge is 2.53. The zero-order valence-electron chi connectivity index (χ0n) is 11.1. The molecule has 128 valence electrons. The summed E-state index contributed by atoms with van der Waals surface area (Å²) >= 11 is 0. The number of hydrogen-bond acceptors (Lipinski definition) is 4. The van der Waals surface area contributed by atoms with Crippen molar-refractivity contribution in [2.75, 3.05) is 13.2 Å². The molecule has 10 heteroatoms. The Morgan fingerprint density at radius 3 is 1.23 bits per heavy atom. The lowest BCUT2D eigenvalue weighted by Gasteiger charge is -2.27. The zero-order valence-corrected chi connectivity index (χ0v) is 11.1. The van der Waals surface area contributed by atoms with E-state index in [4.69, 9.17) is 0 Å². The van der Waals surface area contributed by atoms with Gasteiger partial charge in [-0.25, -0.2) is 26.3 Å². The first-order valence-electron chi connectivity index (χ1n) is 6.78. The van der Waals surface area contributed by atoms with E-state index in [2.05, 4.69) is 18.9 Å². The summed E-state index contributed by atoms with van der Waals surface area (Å²) in [4.78, 5) is 0. The summed E-state index contributed by atoms with van der Waals surface area (Å²) in [5.41, 5.74) is 0. The minimum absolute atomic E-state index is 0.0489. The summed E-state index contributed by atoms with van der Waals surface area (Å²) in [6.07, 6.45) is -16.1. The van der Waals surface area contributed by atoms with Gasteiger partial charge in [0.2, 0.25) is 0 Å². The molecule has 0 N–H and O–H groups in total. The number of halogens is 6. The predicted octanol–water partition coefficient (Wildman–Crippen LogP) is 1.51. The molecule has 0 unspecified atom stereocenters. The zero-order chi connectivity index (χ0) is 16.0. The standard InChI is InChI=1S/2C6H7F3O2/c2*7-3-2-1-10-6(11-2)5(9)4(3)8/h2*2-6H,1H2/t2*2-,3-,4+,5-,6-/m11/s1. The monoisotopic (exact) mass is 336 g/mol. The Balaban J connectivity index is 0.000000131. The quantitative estimate of drug-likeness (QED) is 0.629. The largest absolute Gasteiger partial charge is 0.347 e. The van der Waals surface area contributed by atoms with Crippen LogP contribution in [0.2, 0.25) is 0 Å². The molecular formula is C12H14F6O4. The maximum atomic E-state index is 12.7. The van der Waals surface area contributed by atoms with Gasteiger partial charge in [0, 0.05) is 0 Å². The maximum absolute atomic E-state index is 12.7. The van der Waals surface area contributed by atoms with E-state index in [1.54, 1.807) is 0 Å². The van der Waals surface area contributed by atoms with Crippen molar-refractivity contribution in [2.24, 2.45) is 0 Å². The molecule has 4 heterocycles. The van der Waals surface area contributed by atoms with Gasteiger partial charge in [-0.3, -0.25) is 0 Å². The van der Waals surface area contributed by atoms with Crippen LogP contribution in [-0.4, -0.2) is 75.0 Å². The van der Waals surface area contributed by atoms with Crippen LogP contribution in [0.5, 0.6) is 0 Å². The van der Waals surface area contributed by atoms with Crippen molar-refractivity contribution in [3.63, 3.8) is 0 Å². The SMILES string of the molecule is F[C@@H]1[C@@H](F)[C@@H]2OC[C@@H](O2)[C@H]1F.F[C@@H]1[C@@H](F)[C@@H]2OC[C@@H](O2)[C@H]1F. The van der Waals surface area contributed by atoms with Gasteiger partial charge in [-0.05, 0) is 0 Å². The van der Waals surface area contributed by atoms with Crippen LogP contribution in [0.15, 0.2) is 0 Å². The average molecular weight is 336 g/mol. The van der Waals surface area contributed by atoms with E-state index >= 15 is 0 Å². The van der Waals surface area contributed by atoms with Gasteiger partial charge in [0.25, 0.3) is 0 Å². The van der Waals surface area contributed by atoms with Crippen LogP contribution in [0.25, 0.3) is 0 Å². The summed E-state index contributed by atoms with van der Waals surface area (Å²) in [7, 11) is 0. The molecule has 4 saturated heterocycles. The molecular weight excluding hydrogens is 322 g/mol. The Bertz CT molecular complexity index is 328. The Kier molecular flexibility index (Phi) is 4.54. The molecule has 10 atom stereocenters. The second kappa shape index (κ2) is 6.14. The predicted molar refractivity (Wildman–Crippen MR) is 58.6 cm³/mol. The third-order valence-electron chi connectivity index (χ3n) is 3.91. The van der Waals surface area contributed by atoms with E-state index in [0.29, 0.717) is 0 Å². The normalized spacial score (nSPS) is 56.5. The van der Waals surface area contributed by atoms with Crippen molar-refractivity contribution in [3.8, 4) is 0 Å². The highest BCUT2D eigenvalue weighted by atomic mass is 19.2. The lowest BCUT2D eigenvalue weighted by molar-refractivity contribution is -0.175. The van der Waals surface area contributed by atoms with E-state index in [9.17, 15) is 26.3 Å². The summed E-state index contributed by atoms with van der Waals surface area (Å²) in [6.45, 7) is -0.0979. The van der Waals surface area contributed by atoms with E-state index < -0.39 is 61.8 Å². The smallest absolute Gasteiger partial charge is 0.192 e. The van der Waals surface area contributed by atoms with Crippen LogP contribution in [0.4, 0.5) is 26.3 Å². The topological polar surface area (TPSA) is 36.9 Å². The number of fused-ring (bicyclic) bond motifs is 4. The van der Waals surface area contributed by atoms with E-state index in [-0.39, 0.29) is 13.2 Å². The molecule has 0 aromatic heterocycles. The first kappa shape index (κ1) is 16.3. The Morgan fingerprint density at radius 1 is 0.500 bits per heavy atom. The van der Waals surface area contributed by atoms with Gasteiger partial charge < -0.3 is 18.9 Å². The van der Waals surface area contributed by atoms with Crippen molar-refractivity contribution in [1.82, 2.24) is 0 Å². The second-order valence-electron chi connectivity index (χ2n) is 5.42. The van der Waals surface area contributed by atoms with Crippen molar-refractivity contribution in [1.29, 1.82) is 0 Å². The summed E-state index contributed by atoms with van der Waals surface area (Å²) in [6, 6.07) is 0. The molecule has 4 bridgehead atoms. The first-order valence-corrected chi connectivity index (χ1v) is 6.78. The van der Waals surface area contributed by atoms with E-state index in [0.717, 1.165) is 0 Å². The fourth-order valence-corrected chi connectivity index (χ4v) is 2.61. The lowest BCUT2D eigenvalue weighted by Crippen LogP contribution is -2.47. The number of rotatable bonds is 0. The van der Waals surface area contributed by atoms with Crippen molar-refractivity contribution < 1.29 is 45.3 Å². The molecule has 4 nitrogen and oxygen atoms in total. The Morgan fingerprint density at radius 2 is 0.864 bits per heavy atom. The molecule has 0 radical (unpaired) electrons. The van der Waals surface area contributed by atoms with Gasteiger partial charge in [0.15, 0.2) is 49.6 Å². The average Bonchev–Trinajstić information content (AvgIpc) is 3.15. The molecule has 22 heavy (non-hydrogen) atoms. The maximum Gasteiger partial charge on any atom is 0.192 e. The molecule has 0 amide bonds. The minimum atomic E-state index is -2.10. The fraction of sp³-hybridized carbons (Fsp3) is 1.00. The molecule has 0 aromatic carbocycles. The molecule has 0 aliphatic carbocycles. The Labute approximate surface area is 121 Å². The molecule has 0 aromatic rings. The fourth-order valence-electron chi connectivity index (χ4n) is 2.61. The minimum Gasteiger partial charge on any atom is -0.347 e. The molecule has 0 saturated carbocycles. The Hall–Kier alpha value is -0.580. The molecule has 4 rings (SSSR count). The second-order valence-corrected chi connectivity index (χ2v) is 5.42. The molecule has 4 aliphatic heterocycles. The van der Waals surface area contributed by atoms with Gasteiger partial charge in [-0.1, -0.05) is 0 Å². The van der Waals surface area contributed by atoms with Crippen LogP contribution in [0.1, 0.15) is 0 Å². The summed E-state index contributed by atoms with van der Waals surface area (Å²) in [5.74, 6) is 0. The summed E-state index contributed by atoms with van der Waals surface area (Å²) < 4.78 is 94.6. The first-order chi connectivity index (χ1) is 10.4. The van der Waals surface area contributed by atoms with Crippen LogP contribution >= 0.6 is 0 Å². The van der Waals surface area contributed by atoms with Crippen LogP contribution < -0.4 is 0 Å². The van der Waals surface area contributed by atoms with Gasteiger partial charge in [-0.2, -0.15) is 0 Å². The third kappa shape index (κ3) is 2.70.